The van der Waals surface area contributed by atoms with Gasteiger partial charge >= 0.3 is 5.97 Å². The summed E-state index contributed by atoms with van der Waals surface area (Å²) >= 11 is 0. The van der Waals surface area contributed by atoms with Crippen LogP contribution < -0.4 is 0 Å². The van der Waals surface area contributed by atoms with Crippen LogP contribution in [-0.4, -0.2) is 26.1 Å². The Morgan fingerprint density at radius 2 is 2.24 bits per heavy atom. The first-order valence-corrected chi connectivity index (χ1v) is 7.44. The Bertz CT molecular complexity index is 663. The number of nitrogens with zero attached hydrogens (tertiary/aromatic N) is 3. The third-order valence-corrected chi connectivity index (χ3v) is 4.26. The van der Waals surface area contributed by atoms with Crippen molar-refractivity contribution in [1.29, 1.82) is 0 Å². The smallest absolute Gasteiger partial charge is 0.358 e. The lowest BCUT2D eigenvalue weighted by atomic mass is 9.83. The summed E-state index contributed by atoms with van der Waals surface area (Å²) in [6, 6.07) is 8.52. The second-order valence-electron chi connectivity index (χ2n) is 5.51. The molecule has 1 aliphatic carbocycles. The fraction of sp³-hybridized carbons (Fsp3) is 0.438. The van der Waals surface area contributed by atoms with Crippen molar-refractivity contribution in [2.75, 3.05) is 0 Å². The first-order valence-electron chi connectivity index (χ1n) is 7.44. The van der Waals surface area contributed by atoms with Crippen LogP contribution in [0.1, 0.15) is 53.0 Å². The Hall–Kier alpha value is -2.17. The van der Waals surface area contributed by atoms with Crippen LogP contribution in [0, 0.1) is 0 Å². The quantitative estimate of drug-likeness (QED) is 0.937. The van der Waals surface area contributed by atoms with E-state index in [1.54, 1.807) is 4.68 Å². The molecule has 2 aromatic rings. The summed E-state index contributed by atoms with van der Waals surface area (Å²) in [7, 11) is 0. The van der Waals surface area contributed by atoms with Crippen molar-refractivity contribution in [2.24, 2.45) is 0 Å². The molecule has 3 rings (SSSR count). The van der Waals surface area contributed by atoms with Crippen molar-refractivity contribution in [3.05, 3.63) is 46.8 Å². The zero-order valence-corrected chi connectivity index (χ0v) is 12.1. The molecule has 0 saturated carbocycles. The molecule has 1 N–H and O–H groups in total. The number of fused-ring (bicyclic) bond motifs is 1. The highest BCUT2D eigenvalue weighted by molar-refractivity contribution is 5.86. The van der Waals surface area contributed by atoms with E-state index in [0.29, 0.717) is 24.6 Å². The van der Waals surface area contributed by atoms with E-state index in [-0.39, 0.29) is 5.69 Å². The number of hydrogen-bond donors (Lipinski definition) is 1. The molecule has 110 valence electrons. The molecule has 1 unspecified atom stereocenters. The minimum absolute atomic E-state index is 0.0848. The minimum atomic E-state index is -0.998. The van der Waals surface area contributed by atoms with Crippen molar-refractivity contribution < 1.29 is 9.90 Å². The van der Waals surface area contributed by atoms with E-state index in [9.17, 15) is 4.79 Å². The van der Waals surface area contributed by atoms with Gasteiger partial charge in [-0.15, -0.1) is 5.10 Å². The second-order valence-corrected chi connectivity index (χ2v) is 5.51. The molecule has 0 radical (unpaired) electrons. The number of benzene rings is 1. The van der Waals surface area contributed by atoms with E-state index in [0.717, 1.165) is 12.8 Å². The predicted molar refractivity (Wildman–Crippen MR) is 78.5 cm³/mol. The molecule has 1 aromatic heterocycles. The minimum Gasteiger partial charge on any atom is -0.476 e. The largest absolute Gasteiger partial charge is 0.476 e. The summed E-state index contributed by atoms with van der Waals surface area (Å²) in [6.45, 7) is 2.65. The highest BCUT2D eigenvalue weighted by Crippen LogP contribution is 2.32. The summed E-state index contributed by atoms with van der Waals surface area (Å²) in [5.74, 6) is -0.606. The zero-order chi connectivity index (χ0) is 14.8. The molecule has 0 fully saturated rings. The van der Waals surface area contributed by atoms with Gasteiger partial charge in [0.05, 0.1) is 5.69 Å². The van der Waals surface area contributed by atoms with Gasteiger partial charge in [-0.1, -0.05) is 36.4 Å². The third-order valence-electron chi connectivity index (χ3n) is 4.26. The summed E-state index contributed by atoms with van der Waals surface area (Å²) in [5.41, 5.74) is 3.58. The average Bonchev–Trinajstić information content (AvgIpc) is 2.90. The number of carboxylic acids is 1. The molecule has 0 saturated heterocycles. The number of aromatic nitrogens is 3. The molecule has 0 bridgehead atoms. The van der Waals surface area contributed by atoms with E-state index in [4.69, 9.17) is 5.11 Å². The van der Waals surface area contributed by atoms with E-state index in [2.05, 4.69) is 34.6 Å². The van der Waals surface area contributed by atoms with Gasteiger partial charge in [-0.25, -0.2) is 9.48 Å². The van der Waals surface area contributed by atoms with Crippen molar-refractivity contribution in [1.82, 2.24) is 15.0 Å². The van der Waals surface area contributed by atoms with E-state index in [1.807, 2.05) is 6.92 Å². The van der Waals surface area contributed by atoms with Crippen LogP contribution in [0.4, 0.5) is 0 Å². The van der Waals surface area contributed by atoms with Crippen LogP contribution in [0.3, 0.4) is 0 Å². The van der Waals surface area contributed by atoms with Crippen LogP contribution in [0.15, 0.2) is 24.3 Å². The van der Waals surface area contributed by atoms with Crippen molar-refractivity contribution in [3.63, 3.8) is 0 Å². The SMILES string of the molecule is CCc1c(C(=O)O)nnn1CC1CCCc2ccccc21. The summed E-state index contributed by atoms with van der Waals surface area (Å²) in [5, 5.41) is 17.0. The molecule has 5 nitrogen and oxygen atoms in total. The highest BCUT2D eigenvalue weighted by atomic mass is 16.4. The summed E-state index contributed by atoms with van der Waals surface area (Å²) in [4.78, 5) is 11.2. The Kier molecular flexibility index (Phi) is 3.73. The molecule has 0 amide bonds. The average molecular weight is 285 g/mol. The third kappa shape index (κ3) is 2.55. The molecule has 0 aliphatic heterocycles. The zero-order valence-electron chi connectivity index (χ0n) is 12.1. The monoisotopic (exact) mass is 285 g/mol. The van der Waals surface area contributed by atoms with Crippen LogP contribution >= 0.6 is 0 Å². The lowest BCUT2D eigenvalue weighted by molar-refractivity contribution is 0.0689. The van der Waals surface area contributed by atoms with Gasteiger partial charge in [0.2, 0.25) is 0 Å². The Labute approximate surface area is 123 Å². The van der Waals surface area contributed by atoms with E-state index >= 15 is 0 Å². The molecule has 5 heteroatoms. The first kappa shape index (κ1) is 13.8. The number of rotatable bonds is 4. The van der Waals surface area contributed by atoms with Gasteiger partial charge in [-0.3, -0.25) is 0 Å². The topological polar surface area (TPSA) is 68.0 Å². The van der Waals surface area contributed by atoms with Crippen molar-refractivity contribution >= 4 is 5.97 Å². The van der Waals surface area contributed by atoms with Gasteiger partial charge in [0.25, 0.3) is 0 Å². The molecule has 1 aliphatic rings. The standard InChI is InChI=1S/C16H19N3O2/c1-2-14-15(16(20)21)17-18-19(14)10-12-8-5-7-11-6-3-4-9-13(11)12/h3-4,6,9,12H,2,5,7-8,10H2,1H3,(H,20,21). The van der Waals surface area contributed by atoms with Crippen molar-refractivity contribution in [3.8, 4) is 0 Å². The first-order chi connectivity index (χ1) is 10.2. The maximum atomic E-state index is 11.2. The van der Waals surface area contributed by atoms with Crippen LogP contribution in [-0.2, 0) is 19.4 Å². The number of hydrogen-bond acceptors (Lipinski definition) is 3. The number of aromatic carboxylic acids is 1. The molecule has 1 aromatic carbocycles. The van der Waals surface area contributed by atoms with Crippen LogP contribution in [0.2, 0.25) is 0 Å². The van der Waals surface area contributed by atoms with Crippen molar-refractivity contribution in [2.45, 2.75) is 45.1 Å². The second kappa shape index (κ2) is 5.68. The Balaban J connectivity index is 1.90. The molecular formula is C16H19N3O2. The summed E-state index contributed by atoms with van der Waals surface area (Å²) < 4.78 is 1.77. The predicted octanol–water partition coefficient (Wildman–Crippen LogP) is 2.66. The number of aryl methyl sites for hydroxylation is 1. The maximum absolute atomic E-state index is 11.2. The fourth-order valence-corrected chi connectivity index (χ4v) is 3.25. The Morgan fingerprint density at radius 3 is 3.00 bits per heavy atom. The number of carboxylic acid groups (broad SMARTS) is 1. The molecular weight excluding hydrogens is 266 g/mol. The van der Waals surface area contributed by atoms with E-state index in [1.165, 1.54) is 17.5 Å². The lowest BCUT2D eigenvalue weighted by Crippen LogP contribution is -2.18. The van der Waals surface area contributed by atoms with Gasteiger partial charge in [-0.2, -0.15) is 0 Å². The van der Waals surface area contributed by atoms with E-state index < -0.39 is 5.97 Å². The normalized spacial score (nSPS) is 17.5. The number of carbonyl (C=O) groups is 1. The van der Waals surface area contributed by atoms with Gasteiger partial charge in [-0.05, 0) is 36.8 Å². The fourth-order valence-electron chi connectivity index (χ4n) is 3.25. The summed E-state index contributed by atoms with van der Waals surface area (Å²) in [6.07, 6.45) is 4.04. The molecule has 0 spiro atoms. The Morgan fingerprint density at radius 1 is 1.43 bits per heavy atom. The lowest BCUT2D eigenvalue weighted by Gasteiger charge is -2.25. The van der Waals surface area contributed by atoms with Gasteiger partial charge in [0.15, 0.2) is 5.69 Å². The molecule has 1 heterocycles. The maximum Gasteiger partial charge on any atom is 0.358 e. The van der Waals surface area contributed by atoms with Crippen LogP contribution in [0.25, 0.3) is 0 Å². The van der Waals surface area contributed by atoms with Gasteiger partial charge in [0, 0.05) is 12.5 Å². The van der Waals surface area contributed by atoms with Crippen LogP contribution in [0.5, 0.6) is 0 Å². The van der Waals surface area contributed by atoms with Gasteiger partial charge in [0.1, 0.15) is 0 Å². The molecule has 21 heavy (non-hydrogen) atoms. The van der Waals surface area contributed by atoms with Gasteiger partial charge < -0.3 is 5.11 Å². The molecule has 1 atom stereocenters. The highest BCUT2D eigenvalue weighted by Gasteiger charge is 2.23.